The first-order valence-corrected chi connectivity index (χ1v) is 8.57. The molecule has 0 saturated carbocycles. The third-order valence-electron chi connectivity index (χ3n) is 3.40. The molecule has 1 aromatic carbocycles. The Kier molecular flexibility index (Phi) is 4.47. The van der Waals surface area contributed by atoms with Crippen molar-refractivity contribution in [2.45, 2.75) is 26.4 Å². The second-order valence-electron chi connectivity index (χ2n) is 6.56. The summed E-state index contributed by atoms with van der Waals surface area (Å²) >= 11 is 0.846. The van der Waals surface area contributed by atoms with Crippen LogP contribution in [0.25, 0.3) is 6.08 Å². The van der Waals surface area contributed by atoms with Gasteiger partial charge in [0, 0.05) is 0 Å². The van der Waals surface area contributed by atoms with Gasteiger partial charge in [-0.1, -0.05) is 6.07 Å². The van der Waals surface area contributed by atoms with Gasteiger partial charge in [0.1, 0.15) is 18.0 Å². The topological polar surface area (TPSA) is 84.9 Å². The van der Waals surface area contributed by atoms with Gasteiger partial charge in [-0.2, -0.15) is 0 Å². The van der Waals surface area contributed by atoms with Crippen LogP contribution in [0.1, 0.15) is 26.3 Å². The molecule has 0 atom stereocenters. The number of nitrogens with zero attached hydrogens (tertiary/aromatic N) is 1. The van der Waals surface area contributed by atoms with E-state index in [1.165, 1.54) is 4.90 Å². The van der Waals surface area contributed by atoms with Crippen LogP contribution < -0.4 is 15.0 Å². The highest BCUT2D eigenvalue weighted by molar-refractivity contribution is 8.18. The van der Waals surface area contributed by atoms with Crippen LogP contribution in [-0.4, -0.2) is 36.0 Å². The highest BCUT2D eigenvalue weighted by Crippen LogP contribution is 2.35. The highest BCUT2D eigenvalue weighted by atomic mass is 32.2. The lowest BCUT2D eigenvalue weighted by Crippen LogP contribution is -2.41. The maximum Gasteiger partial charge on any atom is 0.415 e. The van der Waals surface area contributed by atoms with Gasteiger partial charge in [-0.15, -0.1) is 0 Å². The summed E-state index contributed by atoms with van der Waals surface area (Å²) in [5.41, 5.74) is 0.656. The fourth-order valence-corrected chi connectivity index (χ4v) is 3.09. The van der Waals surface area contributed by atoms with Gasteiger partial charge in [0.2, 0.25) is 0 Å². The smallest absolute Gasteiger partial charge is 0.415 e. The van der Waals surface area contributed by atoms with E-state index in [1.54, 1.807) is 45.0 Å². The number of carbonyl (C=O) groups is 3. The van der Waals surface area contributed by atoms with E-state index in [4.69, 9.17) is 9.47 Å². The number of fused-ring (bicyclic) bond motifs is 1. The molecule has 7 nitrogen and oxygen atoms in total. The first-order valence-electron chi connectivity index (χ1n) is 7.75. The van der Waals surface area contributed by atoms with Crippen LogP contribution in [0.5, 0.6) is 5.75 Å². The first-order chi connectivity index (χ1) is 11.7. The number of anilines is 1. The number of imide groups is 1. The molecule has 0 aromatic heterocycles. The summed E-state index contributed by atoms with van der Waals surface area (Å²) in [5, 5.41) is 1.81. The minimum atomic E-state index is -0.603. The fraction of sp³-hybridized carbons (Fsp3) is 0.353. The number of nitrogens with one attached hydrogen (secondary N) is 1. The third-order valence-corrected chi connectivity index (χ3v) is 4.21. The molecule has 2 aliphatic rings. The molecule has 132 valence electrons. The van der Waals surface area contributed by atoms with Gasteiger partial charge in [-0.05, 0) is 56.3 Å². The summed E-state index contributed by atoms with van der Waals surface area (Å²) in [5.74, 6) is 0.145. The number of carbonyl (C=O) groups excluding carboxylic acids is 3. The van der Waals surface area contributed by atoms with Crippen LogP contribution in [0.15, 0.2) is 23.1 Å². The van der Waals surface area contributed by atoms with Gasteiger partial charge in [-0.3, -0.25) is 19.8 Å². The molecule has 1 aromatic rings. The Bertz CT molecular complexity index is 782. The molecule has 3 rings (SSSR count). The van der Waals surface area contributed by atoms with Crippen molar-refractivity contribution in [3.05, 3.63) is 28.7 Å². The average Bonchev–Trinajstić information content (AvgIpc) is 2.82. The van der Waals surface area contributed by atoms with Crippen molar-refractivity contribution in [2.75, 3.05) is 18.1 Å². The Labute approximate surface area is 149 Å². The van der Waals surface area contributed by atoms with Gasteiger partial charge >= 0.3 is 6.09 Å². The van der Waals surface area contributed by atoms with Gasteiger partial charge in [-0.25, -0.2) is 4.79 Å². The fourth-order valence-electron chi connectivity index (χ4n) is 2.40. The standard InChI is InChI=1S/C17H18N2O5S/c1-17(2,3)24-16(22)19-6-7-23-12-5-4-10(8-11(12)19)9-13-14(20)18-15(21)25-13/h4-5,8-9H,6-7H2,1-3H3,(H,18,20,21)/b13-9-. The second-order valence-corrected chi connectivity index (χ2v) is 7.57. The number of hydrogen-bond acceptors (Lipinski definition) is 6. The molecule has 0 radical (unpaired) electrons. The lowest BCUT2D eigenvalue weighted by Gasteiger charge is -2.31. The Morgan fingerprint density at radius 2 is 2.12 bits per heavy atom. The van der Waals surface area contributed by atoms with E-state index in [0.29, 0.717) is 35.1 Å². The monoisotopic (exact) mass is 362 g/mol. The zero-order valence-electron chi connectivity index (χ0n) is 14.1. The summed E-state index contributed by atoms with van der Waals surface area (Å²) in [6, 6.07) is 5.24. The molecule has 3 amide bonds. The molecule has 0 aliphatic carbocycles. The predicted molar refractivity (Wildman–Crippen MR) is 94.6 cm³/mol. The molecule has 25 heavy (non-hydrogen) atoms. The highest BCUT2D eigenvalue weighted by Gasteiger charge is 2.29. The van der Waals surface area contributed by atoms with Crippen molar-refractivity contribution in [2.24, 2.45) is 0 Å². The van der Waals surface area contributed by atoms with Gasteiger partial charge < -0.3 is 9.47 Å². The Hall–Kier alpha value is -2.48. The van der Waals surface area contributed by atoms with E-state index in [0.717, 1.165) is 11.8 Å². The van der Waals surface area contributed by atoms with E-state index >= 15 is 0 Å². The average molecular weight is 362 g/mol. The van der Waals surface area contributed by atoms with Crippen molar-refractivity contribution < 1.29 is 23.9 Å². The summed E-state index contributed by atoms with van der Waals surface area (Å²) in [4.78, 5) is 37.2. The first kappa shape index (κ1) is 17.3. The largest absolute Gasteiger partial charge is 0.490 e. The lowest BCUT2D eigenvalue weighted by molar-refractivity contribution is -0.115. The van der Waals surface area contributed by atoms with Crippen molar-refractivity contribution in [1.29, 1.82) is 0 Å². The van der Waals surface area contributed by atoms with E-state index in [2.05, 4.69) is 5.32 Å². The minimum absolute atomic E-state index is 0.311. The van der Waals surface area contributed by atoms with Crippen LogP contribution in [0.3, 0.4) is 0 Å². The molecule has 1 fully saturated rings. The number of amides is 3. The predicted octanol–water partition coefficient (Wildman–Crippen LogP) is 3.14. The van der Waals surface area contributed by atoms with Gasteiger partial charge in [0.05, 0.1) is 17.1 Å². The van der Waals surface area contributed by atoms with E-state index < -0.39 is 22.8 Å². The van der Waals surface area contributed by atoms with Crippen molar-refractivity contribution in [1.82, 2.24) is 5.32 Å². The number of hydrogen-bond donors (Lipinski definition) is 1. The van der Waals surface area contributed by atoms with E-state index in [-0.39, 0.29) is 0 Å². The minimum Gasteiger partial charge on any atom is -0.490 e. The zero-order valence-corrected chi connectivity index (χ0v) is 14.9. The van der Waals surface area contributed by atoms with Crippen LogP contribution in [0.2, 0.25) is 0 Å². The zero-order chi connectivity index (χ0) is 18.2. The Balaban J connectivity index is 1.90. The number of benzene rings is 1. The van der Waals surface area contributed by atoms with Crippen LogP contribution in [0.4, 0.5) is 15.3 Å². The molecule has 8 heteroatoms. The quantitative estimate of drug-likeness (QED) is 0.773. The maximum atomic E-state index is 12.4. The van der Waals surface area contributed by atoms with Gasteiger partial charge in [0.25, 0.3) is 11.1 Å². The molecule has 2 aliphatic heterocycles. The molecule has 1 saturated heterocycles. The van der Waals surface area contributed by atoms with Crippen LogP contribution >= 0.6 is 11.8 Å². The SMILES string of the molecule is CC(C)(C)OC(=O)N1CCOc2ccc(/C=C3\SC(=O)NC3=O)cc21. The second kappa shape index (κ2) is 6.44. The molecule has 0 spiro atoms. The normalized spacial score (nSPS) is 18.7. The summed E-state index contributed by atoms with van der Waals surface area (Å²) in [6.45, 7) is 6.16. The molecule has 0 bridgehead atoms. The van der Waals surface area contributed by atoms with E-state index in [9.17, 15) is 14.4 Å². The van der Waals surface area contributed by atoms with Crippen LogP contribution in [0, 0.1) is 0 Å². The Morgan fingerprint density at radius 1 is 1.36 bits per heavy atom. The van der Waals surface area contributed by atoms with Crippen molar-refractivity contribution in [3.8, 4) is 5.75 Å². The molecule has 1 N–H and O–H groups in total. The lowest BCUT2D eigenvalue weighted by atomic mass is 10.1. The maximum absolute atomic E-state index is 12.4. The van der Waals surface area contributed by atoms with Gasteiger partial charge in [0.15, 0.2) is 0 Å². The summed E-state index contributed by atoms with van der Waals surface area (Å²) in [6.07, 6.45) is 1.15. The molecular formula is C17H18N2O5S. The molecule has 0 unspecified atom stereocenters. The Morgan fingerprint density at radius 3 is 2.76 bits per heavy atom. The molecule has 2 heterocycles. The van der Waals surface area contributed by atoms with Crippen molar-refractivity contribution in [3.63, 3.8) is 0 Å². The number of thioether (sulfide) groups is 1. The number of ether oxygens (including phenoxy) is 2. The third kappa shape index (κ3) is 3.96. The van der Waals surface area contributed by atoms with Crippen LogP contribution in [-0.2, 0) is 9.53 Å². The summed E-state index contributed by atoms with van der Waals surface area (Å²) in [7, 11) is 0. The van der Waals surface area contributed by atoms with E-state index in [1.807, 2.05) is 0 Å². The number of rotatable bonds is 1. The molecular weight excluding hydrogens is 344 g/mol. The van der Waals surface area contributed by atoms with Crippen molar-refractivity contribution >= 4 is 40.8 Å². The summed E-state index contributed by atoms with van der Waals surface area (Å²) < 4.78 is 11.0.